The second kappa shape index (κ2) is 15.9. The molecule has 11 unspecified atom stereocenters. The van der Waals surface area contributed by atoms with Crippen LogP contribution in [0.15, 0.2) is 11.6 Å². The van der Waals surface area contributed by atoms with E-state index in [2.05, 4.69) is 19.9 Å². The Morgan fingerprint density at radius 2 is 1.46 bits per heavy atom. The number of carboxylic acids is 1. The molecule has 6 rings (SSSR count). The van der Waals surface area contributed by atoms with E-state index < -0.39 is 71.0 Å². The van der Waals surface area contributed by atoms with E-state index >= 15 is 0 Å². The molecule has 0 aromatic carbocycles. The summed E-state index contributed by atoms with van der Waals surface area (Å²) in [4.78, 5) is 12.0. The normalized spacial score (nSPS) is 53.0. The third kappa shape index (κ3) is 7.11. The molecule has 0 aliphatic carbocycles. The molecule has 6 aliphatic rings. The van der Waals surface area contributed by atoms with Gasteiger partial charge in [-0.15, -0.1) is 0 Å². The molecule has 0 radical (unpaired) electrons. The lowest BCUT2D eigenvalue weighted by Crippen LogP contribution is -2.72. The van der Waals surface area contributed by atoms with Crippen molar-refractivity contribution in [3.63, 3.8) is 0 Å². The highest BCUT2D eigenvalue weighted by molar-refractivity contribution is 5.73. The maximum atomic E-state index is 12.0. The number of carbonyl (C=O) groups is 1. The Bertz CT molecular complexity index is 1440. The van der Waals surface area contributed by atoms with E-state index in [0.29, 0.717) is 6.42 Å². The number of ether oxygens (including phenoxy) is 10. The topological polar surface area (TPSA) is 190 Å². The average molecular weight is 801 g/mol. The largest absolute Gasteiger partial charge is 0.479 e. The number of methoxy groups -OCH3 is 4. The van der Waals surface area contributed by atoms with Crippen molar-refractivity contribution in [2.24, 2.45) is 23.7 Å². The zero-order chi connectivity index (χ0) is 41.3. The van der Waals surface area contributed by atoms with Crippen molar-refractivity contribution < 1.29 is 72.6 Å². The highest BCUT2D eigenvalue weighted by Crippen LogP contribution is 2.57. The first-order valence-corrected chi connectivity index (χ1v) is 20.4. The number of aliphatic hydroxyl groups excluding tert-OH is 1. The first-order chi connectivity index (χ1) is 26.2. The highest BCUT2D eigenvalue weighted by atomic mass is 16.7. The Morgan fingerprint density at radius 1 is 0.839 bits per heavy atom. The van der Waals surface area contributed by atoms with Gasteiger partial charge in [0, 0.05) is 65.0 Å². The van der Waals surface area contributed by atoms with Gasteiger partial charge < -0.3 is 67.8 Å². The summed E-state index contributed by atoms with van der Waals surface area (Å²) in [5.41, 5.74) is -1.30. The van der Waals surface area contributed by atoms with Crippen LogP contribution in [0.1, 0.15) is 93.9 Å². The minimum Gasteiger partial charge on any atom is -0.479 e. The van der Waals surface area contributed by atoms with Crippen molar-refractivity contribution in [1.29, 1.82) is 0 Å². The first kappa shape index (κ1) is 44.2. The molecule has 5 saturated heterocycles. The van der Waals surface area contributed by atoms with Crippen LogP contribution < -0.4 is 0 Å². The lowest BCUT2D eigenvalue weighted by molar-refractivity contribution is -0.389. The third-order valence-corrected chi connectivity index (χ3v) is 14.8. The Morgan fingerprint density at radius 3 is 2.07 bits per heavy atom. The summed E-state index contributed by atoms with van der Waals surface area (Å²) in [6.45, 7) is 15.1. The van der Waals surface area contributed by atoms with Crippen LogP contribution in [0.2, 0.25) is 0 Å². The van der Waals surface area contributed by atoms with E-state index in [4.69, 9.17) is 47.4 Å². The van der Waals surface area contributed by atoms with E-state index in [0.717, 1.165) is 31.3 Å². The maximum absolute atomic E-state index is 12.0. The van der Waals surface area contributed by atoms with E-state index in [9.17, 15) is 25.2 Å². The SMILES string of the molecule is COC1CC(CC2OC(O)(C(O)C(=O)O)C(C)[C@H](OC)[C@@]2(C)OC)O[C@]2(O[C@](C)([C@H]3CC[C@@H]([C@H]4CCC(C5O[C@](C)(O)C(C)=CC5C)O4)O3)C(OC)[C@H]2C)C1C. The molecule has 0 aromatic heterocycles. The van der Waals surface area contributed by atoms with Gasteiger partial charge in [0.1, 0.15) is 11.2 Å². The predicted octanol–water partition coefficient (Wildman–Crippen LogP) is 3.33. The van der Waals surface area contributed by atoms with Crippen molar-refractivity contribution in [3.8, 4) is 0 Å². The van der Waals surface area contributed by atoms with Gasteiger partial charge >= 0.3 is 5.97 Å². The second-order valence-corrected chi connectivity index (χ2v) is 18.0. The molecular weight excluding hydrogens is 732 g/mol. The number of aliphatic carboxylic acids is 1. The van der Waals surface area contributed by atoms with Crippen molar-refractivity contribution in [2.75, 3.05) is 28.4 Å². The van der Waals surface area contributed by atoms with Crippen LogP contribution >= 0.6 is 0 Å². The maximum Gasteiger partial charge on any atom is 0.338 e. The number of hydrogen-bond donors (Lipinski definition) is 4. The van der Waals surface area contributed by atoms with Crippen LogP contribution in [0, 0.1) is 23.7 Å². The average Bonchev–Trinajstić information content (AvgIpc) is 3.89. The molecule has 56 heavy (non-hydrogen) atoms. The number of aliphatic hydroxyl groups is 3. The van der Waals surface area contributed by atoms with Gasteiger partial charge in [0.25, 0.3) is 0 Å². The molecule has 6 aliphatic heterocycles. The van der Waals surface area contributed by atoms with Gasteiger partial charge in [0.2, 0.25) is 11.9 Å². The number of hydrogen-bond acceptors (Lipinski definition) is 14. The van der Waals surface area contributed by atoms with Crippen molar-refractivity contribution in [1.82, 2.24) is 0 Å². The Hall–Kier alpha value is -1.31. The number of rotatable bonds is 11. The molecular formula is C41H68O15. The van der Waals surface area contributed by atoms with Crippen LogP contribution in [-0.2, 0) is 52.2 Å². The Labute approximate surface area is 331 Å². The van der Waals surface area contributed by atoms with Gasteiger partial charge in [0.15, 0.2) is 11.6 Å². The van der Waals surface area contributed by atoms with Gasteiger partial charge in [-0.3, -0.25) is 0 Å². The minimum atomic E-state index is -2.48. The van der Waals surface area contributed by atoms with E-state index in [1.165, 1.54) is 14.2 Å². The molecule has 20 atom stereocenters. The molecule has 1 spiro atoms. The highest BCUT2D eigenvalue weighted by Gasteiger charge is 2.69. The fourth-order valence-corrected chi connectivity index (χ4v) is 11.2. The summed E-state index contributed by atoms with van der Waals surface area (Å²) in [7, 11) is 6.29. The van der Waals surface area contributed by atoms with Gasteiger partial charge in [-0.25, -0.2) is 4.79 Å². The van der Waals surface area contributed by atoms with E-state index in [1.807, 2.05) is 20.8 Å². The summed E-state index contributed by atoms with van der Waals surface area (Å²) in [5.74, 6) is -8.07. The van der Waals surface area contributed by atoms with Crippen LogP contribution in [0.3, 0.4) is 0 Å². The lowest BCUT2D eigenvalue weighted by atomic mass is 9.73. The standard InChI is InChI=1S/C41H68O15/c1-20-17-21(2)39(8,45)55-32(20)28-14-13-26(51-28)27-15-16-30(52-27)38(7)35(49-11)24(5)41(56-38)22(3)29(47-9)18-25(53-41)19-31-37(6,50-12)34(48-10)23(4)40(46,54-31)33(42)36(43)44/h17,20,22-35,42,45-46H,13-16,18-19H2,1-12H3,(H,43,44)/t20?,22?,23?,24-,25?,26-,27+,28?,29?,30-,31?,32?,33?,34+,35?,37+,38-,39+,40?,41+/m1/s1. The van der Waals surface area contributed by atoms with Gasteiger partial charge in [-0.2, -0.15) is 0 Å². The van der Waals surface area contributed by atoms with Crippen molar-refractivity contribution >= 4 is 5.97 Å². The molecule has 15 heteroatoms. The van der Waals surface area contributed by atoms with E-state index in [-0.39, 0.29) is 60.8 Å². The summed E-state index contributed by atoms with van der Waals surface area (Å²) in [6.07, 6.45) is -0.757. The van der Waals surface area contributed by atoms with E-state index in [1.54, 1.807) is 35.0 Å². The third-order valence-electron chi connectivity index (χ3n) is 14.8. The summed E-state index contributed by atoms with van der Waals surface area (Å²) >= 11 is 0. The Balaban J connectivity index is 1.21. The molecule has 322 valence electrons. The van der Waals surface area contributed by atoms with Crippen LogP contribution in [-0.4, -0.2) is 151 Å². The molecule has 4 N–H and O–H groups in total. The summed E-state index contributed by atoms with van der Waals surface area (Å²) < 4.78 is 64.4. The Kier molecular flexibility index (Phi) is 12.6. The van der Waals surface area contributed by atoms with Crippen molar-refractivity contribution in [3.05, 3.63) is 11.6 Å². The van der Waals surface area contributed by atoms with Crippen LogP contribution in [0.25, 0.3) is 0 Å². The monoisotopic (exact) mass is 800 g/mol. The summed E-state index contributed by atoms with van der Waals surface area (Å²) in [6, 6.07) is 0. The summed E-state index contributed by atoms with van der Waals surface area (Å²) in [5, 5.41) is 42.9. The predicted molar refractivity (Wildman–Crippen MR) is 199 cm³/mol. The quantitative estimate of drug-likeness (QED) is 0.223. The molecule has 0 saturated carbocycles. The second-order valence-electron chi connectivity index (χ2n) is 18.0. The van der Waals surface area contributed by atoms with Crippen LogP contribution in [0.4, 0.5) is 0 Å². The van der Waals surface area contributed by atoms with Crippen LogP contribution in [0.5, 0.6) is 0 Å². The fourth-order valence-electron chi connectivity index (χ4n) is 11.2. The molecule has 6 heterocycles. The molecule has 5 fully saturated rings. The van der Waals surface area contributed by atoms with Gasteiger partial charge in [-0.05, 0) is 59.0 Å². The van der Waals surface area contributed by atoms with Gasteiger partial charge in [-0.1, -0.05) is 33.8 Å². The van der Waals surface area contributed by atoms with Crippen molar-refractivity contribution in [2.45, 2.75) is 190 Å². The van der Waals surface area contributed by atoms with Gasteiger partial charge in [0.05, 0.1) is 61.0 Å². The zero-order valence-corrected chi connectivity index (χ0v) is 35.3. The smallest absolute Gasteiger partial charge is 0.338 e. The molecule has 15 nitrogen and oxygen atoms in total. The fraction of sp³-hybridized carbons (Fsp3) is 0.927. The number of carboxylic acid groups (broad SMARTS) is 1. The molecule has 0 bridgehead atoms. The lowest BCUT2D eigenvalue weighted by Gasteiger charge is -2.56. The minimum absolute atomic E-state index is 0.0970. The first-order valence-electron chi connectivity index (χ1n) is 20.4. The zero-order valence-electron chi connectivity index (χ0n) is 35.3. The molecule has 0 amide bonds. The molecule has 0 aromatic rings.